The molecule has 0 atom stereocenters. The Balaban J connectivity index is 2.00. The molecule has 6 heteroatoms. The lowest BCUT2D eigenvalue weighted by atomic mass is 10.1. The smallest absolute Gasteiger partial charge is 0.245 e. The van der Waals surface area contributed by atoms with Gasteiger partial charge in [0.25, 0.3) is 0 Å². The lowest BCUT2D eigenvalue weighted by Crippen LogP contribution is -2.33. The van der Waals surface area contributed by atoms with Gasteiger partial charge in [-0.3, -0.25) is 0 Å². The summed E-state index contributed by atoms with van der Waals surface area (Å²) in [6.07, 6.45) is 6.86. The van der Waals surface area contributed by atoms with Crippen molar-refractivity contribution in [1.29, 1.82) is 0 Å². The van der Waals surface area contributed by atoms with Crippen molar-refractivity contribution in [1.82, 2.24) is 9.29 Å². The van der Waals surface area contributed by atoms with Gasteiger partial charge in [-0.25, -0.2) is 8.42 Å². The van der Waals surface area contributed by atoms with E-state index in [2.05, 4.69) is 4.98 Å². The summed E-state index contributed by atoms with van der Waals surface area (Å²) < 4.78 is 27.4. The quantitative estimate of drug-likeness (QED) is 0.837. The molecule has 1 aliphatic heterocycles. The van der Waals surface area contributed by atoms with Crippen molar-refractivity contribution in [2.24, 2.45) is 0 Å². The first-order valence-corrected chi connectivity index (χ1v) is 8.90. The van der Waals surface area contributed by atoms with E-state index in [0.29, 0.717) is 29.1 Å². The maximum atomic E-state index is 12.9. The fourth-order valence-corrected chi connectivity index (χ4v) is 4.60. The zero-order valence-electron chi connectivity index (χ0n) is 12.0. The van der Waals surface area contributed by atoms with Crippen LogP contribution in [-0.4, -0.2) is 30.8 Å². The number of fused-ring (bicyclic) bond motifs is 1. The van der Waals surface area contributed by atoms with Gasteiger partial charge in [-0.05, 0) is 31.0 Å². The molecule has 3 rings (SSSR count). The topological polar surface area (TPSA) is 79.2 Å². The third-order valence-electron chi connectivity index (χ3n) is 4.10. The van der Waals surface area contributed by atoms with Gasteiger partial charge < -0.3 is 10.7 Å². The highest BCUT2D eigenvalue weighted by Gasteiger charge is 2.27. The number of nitrogens with one attached hydrogen (secondary N) is 1. The zero-order chi connectivity index (χ0) is 14.9. The molecule has 3 N–H and O–H groups in total. The fraction of sp³-hybridized carbons (Fsp3) is 0.467. The van der Waals surface area contributed by atoms with Crippen molar-refractivity contribution in [3.8, 4) is 0 Å². The van der Waals surface area contributed by atoms with Gasteiger partial charge in [-0.1, -0.05) is 19.3 Å². The van der Waals surface area contributed by atoms with Crippen LogP contribution < -0.4 is 5.73 Å². The molecule has 0 bridgehead atoms. The van der Waals surface area contributed by atoms with Crippen LogP contribution in [0.2, 0.25) is 0 Å². The average Bonchev–Trinajstić information content (AvgIpc) is 2.81. The first kappa shape index (κ1) is 14.4. The van der Waals surface area contributed by atoms with E-state index < -0.39 is 10.0 Å². The van der Waals surface area contributed by atoms with Crippen LogP contribution in [0.3, 0.4) is 0 Å². The molecule has 1 aromatic heterocycles. The molecule has 2 heterocycles. The standard InChI is InChI=1S/C15H21N3O2S/c16-12-6-7-14-13(10-12)15(11-17-14)21(19,20)18-8-4-2-1-3-5-9-18/h6-7,10-11,17H,1-5,8-9,16H2. The fourth-order valence-electron chi connectivity index (χ4n) is 2.92. The number of sulfonamides is 1. The first-order valence-electron chi connectivity index (χ1n) is 7.46. The van der Waals surface area contributed by atoms with E-state index in [1.54, 1.807) is 22.6 Å². The number of hydrogen-bond donors (Lipinski definition) is 2. The van der Waals surface area contributed by atoms with Crippen LogP contribution in [0.1, 0.15) is 32.1 Å². The maximum absolute atomic E-state index is 12.9. The normalized spacial score (nSPS) is 18.5. The molecule has 1 fully saturated rings. The molecule has 0 aliphatic carbocycles. The number of H-pyrrole nitrogens is 1. The minimum absolute atomic E-state index is 0.338. The van der Waals surface area contributed by atoms with E-state index in [0.717, 1.165) is 31.2 Å². The Morgan fingerprint density at radius 1 is 1.05 bits per heavy atom. The van der Waals surface area contributed by atoms with Gasteiger partial charge >= 0.3 is 0 Å². The van der Waals surface area contributed by atoms with Gasteiger partial charge in [-0.2, -0.15) is 4.31 Å². The van der Waals surface area contributed by atoms with Crippen molar-refractivity contribution in [2.75, 3.05) is 18.8 Å². The summed E-state index contributed by atoms with van der Waals surface area (Å²) in [7, 11) is -3.46. The minimum atomic E-state index is -3.46. The molecule has 0 saturated carbocycles. The van der Waals surface area contributed by atoms with E-state index in [1.165, 1.54) is 6.42 Å². The van der Waals surface area contributed by atoms with Gasteiger partial charge in [0.2, 0.25) is 10.0 Å². The highest BCUT2D eigenvalue weighted by molar-refractivity contribution is 7.89. The number of nitrogens with zero attached hydrogens (tertiary/aromatic N) is 1. The highest BCUT2D eigenvalue weighted by atomic mass is 32.2. The minimum Gasteiger partial charge on any atom is -0.399 e. The maximum Gasteiger partial charge on any atom is 0.245 e. The Bertz CT molecular complexity index is 728. The Kier molecular flexibility index (Phi) is 3.91. The summed E-state index contributed by atoms with van der Waals surface area (Å²) in [4.78, 5) is 3.37. The van der Waals surface area contributed by atoms with Crippen LogP contribution in [0.4, 0.5) is 5.69 Å². The van der Waals surface area contributed by atoms with Crippen molar-refractivity contribution < 1.29 is 8.42 Å². The van der Waals surface area contributed by atoms with E-state index in [9.17, 15) is 8.42 Å². The molecule has 2 aromatic rings. The molecule has 114 valence electrons. The van der Waals surface area contributed by atoms with Crippen LogP contribution >= 0.6 is 0 Å². The highest BCUT2D eigenvalue weighted by Crippen LogP contribution is 2.28. The summed E-state index contributed by atoms with van der Waals surface area (Å²) in [6, 6.07) is 5.31. The third kappa shape index (κ3) is 2.78. The van der Waals surface area contributed by atoms with Crippen LogP contribution in [0.25, 0.3) is 10.9 Å². The van der Waals surface area contributed by atoms with Crippen molar-refractivity contribution in [3.05, 3.63) is 24.4 Å². The Morgan fingerprint density at radius 2 is 1.71 bits per heavy atom. The summed E-state index contributed by atoms with van der Waals surface area (Å²) in [5.74, 6) is 0. The summed E-state index contributed by atoms with van der Waals surface area (Å²) in [5.41, 5.74) is 7.17. The number of aromatic amines is 1. The molecule has 21 heavy (non-hydrogen) atoms. The predicted octanol–water partition coefficient (Wildman–Crippen LogP) is 2.70. The molecule has 5 nitrogen and oxygen atoms in total. The van der Waals surface area contributed by atoms with E-state index in [4.69, 9.17) is 5.73 Å². The van der Waals surface area contributed by atoms with Crippen molar-refractivity contribution >= 4 is 26.6 Å². The van der Waals surface area contributed by atoms with Gasteiger partial charge in [0.05, 0.1) is 0 Å². The SMILES string of the molecule is Nc1ccc2[nH]cc(S(=O)(=O)N3CCCCCCC3)c2c1. The number of hydrogen-bond acceptors (Lipinski definition) is 3. The largest absolute Gasteiger partial charge is 0.399 e. The van der Waals surface area contributed by atoms with Crippen LogP contribution in [0.5, 0.6) is 0 Å². The number of nitrogen functional groups attached to an aromatic ring is 1. The Morgan fingerprint density at radius 3 is 2.43 bits per heavy atom. The lowest BCUT2D eigenvalue weighted by Gasteiger charge is -2.23. The molecule has 0 radical (unpaired) electrons. The average molecular weight is 307 g/mol. The number of anilines is 1. The van der Waals surface area contributed by atoms with Crippen LogP contribution in [0, 0.1) is 0 Å². The Hall–Kier alpha value is -1.53. The lowest BCUT2D eigenvalue weighted by molar-refractivity contribution is 0.364. The number of nitrogens with two attached hydrogens (primary N) is 1. The van der Waals surface area contributed by atoms with Crippen molar-refractivity contribution in [2.45, 2.75) is 37.0 Å². The van der Waals surface area contributed by atoms with Gasteiger partial charge in [0, 0.05) is 35.9 Å². The summed E-state index contributed by atoms with van der Waals surface area (Å²) in [6.45, 7) is 1.22. The molecule has 0 unspecified atom stereocenters. The van der Waals surface area contributed by atoms with E-state index in [1.807, 2.05) is 6.07 Å². The molecule has 1 aromatic carbocycles. The second-order valence-corrected chi connectivity index (χ2v) is 7.54. The molecule has 0 spiro atoms. The molecular formula is C15H21N3O2S. The van der Waals surface area contributed by atoms with Crippen LogP contribution in [-0.2, 0) is 10.0 Å². The Labute approximate surface area is 125 Å². The zero-order valence-corrected chi connectivity index (χ0v) is 12.8. The molecule has 1 aliphatic rings. The molecule has 0 amide bonds. The molecular weight excluding hydrogens is 286 g/mol. The second-order valence-electron chi connectivity index (χ2n) is 5.63. The van der Waals surface area contributed by atoms with Crippen molar-refractivity contribution in [3.63, 3.8) is 0 Å². The number of aromatic nitrogens is 1. The second kappa shape index (κ2) is 5.69. The molecule has 1 saturated heterocycles. The van der Waals surface area contributed by atoms with E-state index >= 15 is 0 Å². The van der Waals surface area contributed by atoms with Gasteiger partial charge in [0.1, 0.15) is 4.90 Å². The van der Waals surface area contributed by atoms with Gasteiger partial charge in [0.15, 0.2) is 0 Å². The first-order chi connectivity index (χ1) is 10.1. The van der Waals surface area contributed by atoms with Gasteiger partial charge in [-0.15, -0.1) is 0 Å². The van der Waals surface area contributed by atoms with E-state index in [-0.39, 0.29) is 0 Å². The third-order valence-corrected chi connectivity index (χ3v) is 6.04. The predicted molar refractivity (Wildman–Crippen MR) is 84.6 cm³/mol. The summed E-state index contributed by atoms with van der Waals surface area (Å²) >= 11 is 0. The summed E-state index contributed by atoms with van der Waals surface area (Å²) in [5, 5.41) is 0.678. The number of rotatable bonds is 2. The van der Waals surface area contributed by atoms with Crippen LogP contribution in [0.15, 0.2) is 29.3 Å². The monoisotopic (exact) mass is 307 g/mol. The number of benzene rings is 1.